The minimum absolute atomic E-state index is 0.0158. The van der Waals surface area contributed by atoms with Crippen LogP contribution in [-0.4, -0.2) is 16.0 Å². The Kier molecular flexibility index (Phi) is 4.55. The molecule has 0 aliphatic heterocycles. The maximum atomic E-state index is 12.2. The first kappa shape index (κ1) is 15.4. The second-order valence-corrected chi connectivity index (χ2v) is 5.13. The van der Waals surface area contributed by atoms with E-state index in [1.54, 1.807) is 35.1 Å². The molecule has 0 radical (unpaired) electrons. The van der Waals surface area contributed by atoms with Gasteiger partial charge in [0.05, 0.1) is 12.2 Å². The zero-order chi connectivity index (χ0) is 15.5. The van der Waals surface area contributed by atoms with Gasteiger partial charge in [-0.3, -0.25) is 4.68 Å². The zero-order valence-corrected chi connectivity index (χ0v) is 12.0. The summed E-state index contributed by atoms with van der Waals surface area (Å²) in [6.45, 7) is 2.01. The summed E-state index contributed by atoms with van der Waals surface area (Å²) in [5.74, 6) is 0. The van der Waals surface area contributed by atoms with E-state index in [4.69, 9.17) is 0 Å². The van der Waals surface area contributed by atoms with Crippen LogP contribution >= 0.6 is 0 Å². The van der Waals surface area contributed by atoms with Crippen molar-refractivity contribution in [2.75, 3.05) is 5.32 Å². The van der Waals surface area contributed by atoms with E-state index in [2.05, 4.69) is 10.4 Å². The van der Waals surface area contributed by atoms with Gasteiger partial charge in [0.25, 0.3) is 0 Å². The monoisotopic (exact) mass is 297 g/mol. The van der Waals surface area contributed by atoms with Crippen LogP contribution in [0.25, 0.3) is 0 Å². The highest BCUT2D eigenvalue weighted by atomic mass is 19.4. The Morgan fingerprint density at radius 2 is 1.90 bits per heavy atom. The predicted octanol–water partition coefficient (Wildman–Crippen LogP) is 4.09. The fraction of sp³-hybridized carbons (Fsp3) is 0.400. The molecular weight excluding hydrogens is 279 g/mol. The Morgan fingerprint density at radius 1 is 1.24 bits per heavy atom. The van der Waals surface area contributed by atoms with Gasteiger partial charge in [0.15, 0.2) is 0 Å². The second kappa shape index (κ2) is 6.20. The number of aryl methyl sites for hydroxylation is 2. The molecule has 0 aliphatic rings. The molecule has 0 aliphatic carbocycles. The van der Waals surface area contributed by atoms with Crippen LogP contribution in [0.4, 0.5) is 18.9 Å². The third-order valence-corrected chi connectivity index (χ3v) is 3.26. The van der Waals surface area contributed by atoms with Crippen LogP contribution in [-0.2, 0) is 13.5 Å². The molecule has 1 atom stereocenters. The number of hydrogen-bond acceptors (Lipinski definition) is 2. The number of anilines is 1. The lowest BCUT2D eigenvalue weighted by atomic mass is 10.1. The smallest absolute Gasteiger partial charge is 0.378 e. The molecular formula is C15H18F3N3. The third-order valence-electron chi connectivity index (χ3n) is 3.26. The molecule has 0 spiro atoms. The zero-order valence-electron chi connectivity index (χ0n) is 12.0. The van der Waals surface area contributed by atoms with Crippen molar-refractivity contribution < 1.29 is 13.2 Å². The van der Waals surface area contributed by atoms with E-state index in [1.807, 2.05) is 20.2 Å². The lowest BCUT2D eigenvalue weighted by Crippen LogP contribution is -2.08. The summed E-state index contributed by atoms with van der Waals surface area (Å²) in [6, 6.07) is 7.14. The van der Waals surface area contributed by atoms with E-state index >= 15 is 0 Å². The third kappa shape index (κ3) is 4.81. The van der Waals surface area contributed by atoms with Crippen LogP contribution < -0.4 is 5.32 Å². The molecule has 0 bridgehead atoms. The van der Waals surface area contributed by atoms with Gasteiger partial charge in [-0.15, -0.1) is 0 Å². The fourth-order valence-corrected chi connectivity index (χ4v) is 2.05. The van der Waals surface area contributed by atoms with Crippen molar-refractivity contribution in [1.82, 2.24) is 9.78 Å². The number of hydrogen-bond donors (Lipinski definition) is 1. The first-order valence-electron chi connectivity index (χ1n) is 6.74. The van der Waals surface area contributed by atoms with Crippen LogP contribution in [0.2, 0.25) is 0 Å². The van der Waals surface area contributed by atoms with Gasteiger partial charge in [-0.25, -0.2) is 0 Å². The van der Waals surface area contributed by atoms with Gasteiger partial charge in [0.1, 0.15) is 0 Å². The van der Waals surface area contributed by atoms with Crippen molar-refractivity contribution in [3.63, 3.8) is 0 Å². The maximum Gasteiger partial charge on any atom is 0.389 e. The maximum absolute atomic E-state index is 12.2. The number of nitrogens with one attached hydrogen (secondary N) is 1. The summed E-state index contributed by atoms with van der Waals surface area (Å²) < 4.78 is 38.2. The number of rotatable bonds is 5. The summed E-state index contributed by atoms with van der Waals surface area (Å²) in [4.78, 5) is 0. The molecule has 114 valence electrons. The minimum Gasteiger partial charge on any atom is -0.378 e. The Labute approximate surface area is 121 Å². The lowest BCUT2D eigenvalue weighted by molar-refractivity contribution is -0.133. The molecule has 2 rings (SSSR count). The topological polar surface area (TPSA) is 29.9 Å². The standard InChI is InChI=1S/C15H18F3N3/c1-11(13-9-19-21(2)10-13)20-14-5-3-12(4-6-14)7-8-15(16,17)18/h3-6,9-11,20H,7-8H2,1-2H3. The summed E-state index contributed by atoms with van der Waals surface area (Å²) in [7, 11) is 1.85. The highest BCUT2D eigenvalue weighted by Crippen LogP contribution is 2.23. The van der Waals surface area contributed by atoms with Gasteiger partial charge >= 0.3 is 6.18 Å². The van der Waals surface area contributed by atoms with E-state index in [-0.39, 0.29) is 12.5 Å². The minimum atomic E-state index is -4.11. The Bertz CT molecular complexity index is 573. The largest absolute Gasteiger partial charge is 0.389 e. The molecule has 1 aromatic heterocycles. The van der Waals surface area contributed by atoms with E-state index in [0.29, 0.717) is 5.56 Å². The average molecular weight is 297 g/mol. The Morgan fingerprint density at radius 3 is 2.43 bits per heavy atom. The summed E-state index contributed by atoms with van der Waals surface area (Å²) in [6.07, 6.45) is -1.16. The molecule has 1 N–H and O–H groups in total. The van der Waals surface area contributed by atoms with Gasteiger partial charge < -0.3 is 5.32 Å². The van der Waals surface area contributed by atoms with E-state index in [1.165, 1.54) is 0 Å². The molecule has 2 aromatic rings. The molecule has 21 heavy (non-hydrogen) atoms. The second-order valence-electron chi connectivity index (χ2n) is 5.13. The van der Waals surface area contributed by atoms with Crippen LogP contribution in [0.3, 0.4) is 0 Å². The average Bonchev–Trinajstić information content (AvgIpc) is 2.84. The van der Waals surface area contributed by atoms with Crippen molar-refractivity contribution in [2.24, 2.45) is 7.05 Å². The molecule has 3 nitrogen and oxygen atoms in total. The van der Waals surface area contributed by atoms with Crippen LogP contribution in [0, 0.1) is 0 Å². The molecule has 6 heteroatoms. The SMILES string of the molecule is CC(Nc1ccc(CCC(F)(F)F)cc1)c1cnn(C)c1. The summed E-state index contributed by atoms with van der Waals surface area (Å²) in [5, 5.41) is 7.41. The quantitative estimate of drug-likeness (QED) is 0.901. The number of nitrogens with zero attached hydrogens (tertiary/aromatic N) is 2. The molecule has 0 amide bonds. The van der Waals surface area contributed by atoms with Crippen molar-refractivity contribution in [3.05, 3.63) is 47.8 Å². The van der Waals surface area contributed by atoms with E-state index in [9.17, 15) is 13.2 Å². The summed E-state index contributed by atoms with van der Waals surface area (Å²) in [5.41, 5.74) is 2.62. The van der Waals surface area contributed by atoms with Gasteiger partial charge in [0.2, 0.25) is 0 Å². The van der Waals surface area contributed by atoms with Gasteiger partial charge in [-0.2, -0.15) is 18.3 Å². The van der Waals surface area contributed by atoms with Crippen molar-refractivity contribution in [3.8, 4) is 0 Å². The van der Waals surface area contributed by atoms with Gasteiger partial charge in [0, 0.05) is 30.9 Å². The van der Waals surface area contributed by atoms with Crippen molar-refractivity contribution in [1.29, 1.82) is 0 Å². The lowest BCUT2D eigenvalue weighted by Gasteiger charge is -2.14. The Hall–Kier alpha value is -1.98. The van der Waals surface area contributed by atoms with Gasteiger partial charge in [-0.05, 0) is 31.0 Å². The summed E-state index contributed by atoms with van der Waals surface area (Å²) >= 11 is 0. The van der Waals surface area contributed by atoms with E-state index in [0.717, 1.165) is 11.3 Å². The molecule has 0 saturated heterocycles. The predicted molar refractivity (Wildman–Crippen MR) is 76.1 cm³/mol. The van der Waals surface area contributed by atoms with Crippen LogP contribution in [0.15, 0.2) is 36.7 Å². The van der Waals surface area contributed by atoms with Crippen LogP contribution in [0.1, 0.15) is 30.5 Å². The first-order valence-corrected chi connectivity index (χ1v) is 6.74. The molecule has 1 aromatic carbocycles. The normalized spacial score (nSPS) is 13.2. The number of alkyl halides is 3. The molecule has 0 fully saturated rings. The molecule has 1 heterocycles. The highest BCUT2D eigenvalue weighted by molar-refractivity contribution is 5.46. The van der Waals surface area contributed by atoms with Gasteiger partial charge in [-0.1, -0.05) is 12.1 Å². The Balaban J connectivity index is 1.93. The number of aromatic nitrogens is 2. The first-order chi connectivity index (χ1) is 9.83. The highest BCUT2D eigenvalue weighted by Gasteiger charge is 2.26. The molecule has 1 unspecified atom stereocenters. The van der Waals surface area contributed by atoms with E-state index < -0.39 is 12.6 Å². The molecule has 0 saturated carbocycles. The number of benzene rings is 1. The van der Waals surface area contributed by atoms with Crippen molar-refractivity contribution >= 4 is 5.69 Å². The fourth-order valence-electron chi connectivity index (χ4n) is 2.05. The van der Waals surface area contributed by atoms with Crippen LogP contribution in [0.5, 0.6) is 0 Å². The number of halogens is 3. The van der Waals surface area contributed by atoms with Crippen molar-refractivity contribution in [2.45, 2.75) is 32.0 Å².